The Labute approximate surface area is 124 Å². The number of carbonyl (C=O) groups is 1. The number of amides is 1. The van der Waals surface area contributed by atoms with Gasteiger partial charge in [0.25, 0.3) is 5.91 Å². The van der Waals surface area contributed by atoms with Gasteiger partial charge in [-0.05, 0) is 31.5 Å². The molecule has 0 aliphatic rings. The lowest BCUT2D eigenvalue weighted by atomic mass is 10.1. The molecule has 0 radical (unpaired) electrons. The van der Waals surface area contributed by atoms with E-state index in [0.29, 0.717) is 17.9 Å². The number of hydrogen-bond acceptors (Lipinski definition) is 3. The first kappa shape index (κ1) is 14.8. The highest BCUT2D eigenvalue weighted by Gasteiger charge is 2.11. The summed E-state index contributed by atoms with van der Waals surface area (Å²) in [6.07, 6.45) is 0. The summed E-state index contributed by atoms with van der Waals surface area (Å²) in [6, 6.07) is 16.8. The summed E-state index contributed by atoms with van der Waals surface area (Å²) >= 11 is 0. The largest absolute Gasteiger partial charge is 0.493 e. The Morgan fingerprint density at radius 1 is 1.10 bits per heavy atom. The Balaban J connectivity index is 2.12. The van der Waals surface area contributed by atoms with Crippen LogP contribution < -0.4 is 10.2 Å². The minimum atomic E-state index is -0.283. The first-order valence-electron chi connectivity index (χ1n) is 6.84. The zero-order valence-electron chi connectivity index (χ0n) is 12.2. The van der Waals surface area contributed by atoms with Crippen molar-refractivity contribution >= 4 is 11.6 Å². The number of rotatable bonds is 5. The van der Waals surface area contributed by atoms with Crippen LogP contribution in [0.4, 0.5) is 0 Å². The zero-order chi connectivity index (χ0) is 15.1. The number of hydrazone groups is 1. The quantitative estimate of drug-likeness (QED) is 0.676. The van der Waals surface area contributed by atoms with Gasteiger partial charge in [-0.15, -0.1) is 0 Å². The molecular weight excluding hydrogens is 264 g/mol. The lowest BCUT2D eigenvalue weighted by Gasteiger charge is -2.08. The van der Waals surface area contributed by atoms with Crippen molar-refractivity contribution < 1.29 is 9.53 Å². The van der Waals surface area contributed by atoms with Crippen molar-refractivity contribution in [2.75, 3.05) is 6.61 Å². The van der Waals surface area contributed by atoms with Gasteiger partial charge < -0.3 is 4.74 Å². The van der Waals surface area contributed by atoms with E-state index in [9.17, 15) is 4.79 Å². The van der Waals surface area contributed by atoms with Crippen LogP contribution in [0, 0.1) is 0 Å². The van der Waals surface area contributed by atoms with Gasteiger partial charge >= 0.3 is 0 Å². The number of para-hydroxylation sites is 1. The third-order valence-corrected chi connectivity index (χ3v) is 2.95. The maximum absolute atomic E-state index is 12.2. The van der Waals surface area contributed by atoms with E-state index in [1.165, 1.54) is 0 Å². The van der Waals surface area contributed by atoms with Crippen LogP contribution in [0.5, 0.6) is 5.75 Å². The van der Waals surface area contributed by atoms with E-state index in [1.807, 2.05) is 50.2 Å². The number of nitrogens with one attached hydrogen (secondary N) is 1. The number of nitrogens with zero attached hydrogens (tertiary/aromatic N) is 1. The molecular formula is C17H18N2O2. The molecule has 0 aliphatic carbocycles. The fourth-order valence-corrected chi connectivity index (χ4v) is 1.87. The molecule has 108 valence electrons. The third kappa shape index (κ3) is 3.92. The molecule has 0 saturated carbocycles. The Bertz CT molecular complexity index is 636. The topological polar surface area (TPSA) is 50.7 Å². The number of ether oxygens (including phenoxy) is 1. The second kappa shape index (κ2) is 7.24. The van der Waals surface area contributed by atoms with E-state index in [-0.39, 0.29) is 5.91 Å². The molecule has 0 aliphatic heterocycles. The summed E-state index contributed by atoms with van der Waals surface area (Å²) in [5, 5.41) is 4.13. The SMILES string of the molecule is CCOc1ccccc1C(=O)N/N=C(\C)c1ccccc1. The molecule has 1 N–H and O–H groups in total. The molecule has 4 nitrogen and oxygen atoms in total. The second-order valence-electron chi connectivity index (χ2n) is 4.43. The molecule has 0 saturated heterocycles. The molecule has 0 heterocycles. The van der Waals surface area contributed by atoms with Gasteiger partial charge in [0, 0.05) is 0 Å². The summed E-state index contributed by atoms with van der Waals surface area (Å²) in [5.41, 5.74) is 4.76. The third-order valence-electron chi connectivity index (χ3n) is 2.95. The lowest BCUT2D eigenvalue weighted by molar-refractivity contribution is 0.0951. The van der Waals surface area contributed by atoms with Crippen molar-refractivity contribution in [2.45, 2.75) is 13.8 Å². The van der Waals surface area contributed by atoms with Gasteiger partial charge in [-0.1, -0.05) is 42.5 Å². The molecule has 21 heavy (non-hydrogen) atoms. The molecule has 0 atom stereocenters. The number of benzene rings is 2. The standard InChI is InChI=1S/C17H18N2O2/c1-3-21-16-12-8-7-11-15(16)17(20)19-18-13(2)14-9-5-4-6-10-14/h4-12H,3H2,1-2H3,(H,19,20)/b18-13+. The van der Waals surface area contributed by atoms with Gasteiger partial charge in [-0.25, -0.2) is 5.43 Å². The highest BCUT2D eigenvalue weighted by molar-refractivity contribution is 6.01. The van der Waals surface area contributed by atoms with Crippen molar-refractivity contribution in [3.8, 4) is 5.75 Å². The van der Waals surface area contributed by atoms with E-state index < -0.39 is 0 Å². The van der Waals surface area contributed by atoms with Gasteiger partial charge in [0.2, 0.25) is 0 Å². The van der Waals surface area contributed by atoms with Crippen molar-refractivity contribution in [1.82, 2.24) is 5.43 Å². The Hall–Kier alpha value is -2.62. The van der Waals surface area contributed by atoms with Gasteiger partial charge in [-0.3, -0.25) is 4.79 Å². The smallest absolute Gasteiger partial charge is 0.275 e. The molecule has 0 aromatic heterocycles. The second-order valence-corrected chi connectivity index (χ2v) is 4.43. The van der Waals surface area contributed by atoms with Gasteiger partial charge in [-0.2, -0.15) is 5.10 Å². The Morgan fingerprint density at radius 2 is 1.76 bits per heavy atom. The molecule has 0 unspecified atom stereocenters. The first-order chi connectivity index (χ1) is 10.2. The summed E-state index contributed by atoms with van der Waals surface area (Å²) in [4.78, 5) is 12.2. The minimum Gasteiger partial charge on any atom is -0.493 e. The Morgan fingerprint density at radius 3 is 2.48 bits per heavy atom. The van der Waals surface area contributed by atoms with Gasteiger partial charge in [0.15, 0.2) is 0 Å². The van der Waals surface area contributed by atoms with Crippen LogP contribution in [-0.4, -0.2) is 18.2 Å². The fraction of sp³-hybridized carbons (Fsp3) is 0.176. The summed E-state index contributed by atoms with van der Waals surface area (Å²) in [5.74, 6) is 0.277. The lowest BCUT2D eigenvalue weighted by Crippen LogP contribution is -2.20. The van der Waals surface area contributed by atoms with Crippen LogP contribution in [-0.2, 0) is 0 Å². The van der Waals surface area contributed by atoms with Crippen LogP contribution in [0.25, 0.3) is 0 Å². The molecule has 2 rings (SSSR count). The van der Waals surface area contributed by atoms with E-state index in [1.54, 1.807) is 18.2 Å². The molecule has 0 spiro atoms. The van der Waals surface area contributed by atoms with Crippen LogP contribution in [0.2, 0.25) is 0 Å². The number of hydrogen-bond donors (Lipinski definition) is 1. The van der Waals surface area contributed by atoms with Crippen molar-refractivity contribution in [2.24, 2.45) is 5.10 Å². The van der Waals surface area contributed by atoms with Crippen LogP contribution in [0.1, 0.15) is 29.8 Å². The average molecular weight is 282 g/mol. The first-order valence-corrected chi connectivity index (χ1v) is 6.84. The molecule has 2 aromatic rings. The highest BCUT2D eigenvalue weighted by atomic mass is 16.5. The van der Waals surface area contributed by atoms with Crippen LogP contribution >= 0.6 is 0 Å². The molecule has 2 aromatic carbocycles. The average Bonchev–Trinajstić information content (AvgIpc) is 2.54. The highest BCUT2D eigenvalue weighted by Crippen LogP contribution is 2.17. The fourth-order valence-electron chi connectivity index (χ4n) is 1.87. The molecule has 1 amide bonds. The maximum Gasteiger partial charge on any atom is 0.275 e. The predicted molar refractivity (Wildman–Crippen MR) is 83.7 cm³/mol. The van der Waals surface area contributed by atoms with Crippen molar-refractivity contribution in [3.63, 3.8) is 0 Å². The van der Waals surface area contributed by atoms with Gasteiger partial charge in [0.1, 0.15) is 5.75 Å². The predicted octanol–water partition coefficient (Wildman–Crippen LogP) is 3.24. The maximum atomic E-state index is 12.2. The summed E-state index contributed by atoms with van der Waals surface area (Å²) < 4.78 is 5.44. The Kier molecular flexibility index (Phi) is 5.10. The normalized spacial score (nSPS) is 11.0. The van der Waals surface area contributed by atoms with E-state index in [0.717, 1.165) is 11.3 Å². The number of carbonyl (C=O) groups excluding carboxylic acids is 1. The van der Waals surface area contributed by atoms with E-state index >= 15 is 0 Å². The summed E-state index contributed by atoms with van der Waals surface area (Å²) in [7, 11) is 0. The molecule has 0 fully saturated rings. The molecule has 4 heteroatoms. The minimum absolute atomic E-state index is 0.283. The van der Waals surface area contributed by atoms with E-state index in [2.05, 4.69) is 10.5 Å². The molecule has 0 bridgehead atoms. The van der Waals surface area contributed by atoms with Crippen molar-refractivity contribution in [3.05, 3.63) is 65.7 Å². The van der Waals surface area contributed by atoms with E-state index in [4.69, 9.17) is 4.74 Å². The van der Waals surface area contributed by atoms with Crippen LogP contribution in [0.15, 0.2) is 59.7 Å². The monoisotopic (exact) mass is 282 g/mol. The summed E-state index contributed by atoms with van der Waals surface area (Å²) in [6.45, 7) is 4.24. The van der Waals surface area contributed by atoms with Crippen LogP contribution in [0.3, 0.4) is 0 Å². The van der Waals surface area contributed by atoms with Crippen molar-refractivity contribution in [1.29, 1.82) is 0 Å². The van der Waals surface area contributed by atoms with Gasteiger partial charge in [0.05, 0.1) is 17.9 Å². The zero-order valence-corrected chi connectivity index (χ0v) is 12.2.